The summed E-state index contributed by atoms with van der Waals surface area (Å²) in [6.45, 7) is 0. The van der Waals surface area contributed by atoms with Crippen LogP contribution in [-0.4, -0.2) is 22.1 Å². The Labute approximate surface area is 138 Å². The van der Waals surface area contributed by atoms with Crippen LogP contribution in [0.15, 0.2) is 36.4 Å². The van der Waals surface area contributed by atoms with Gasteiger partial charge in [-0.05, 0) is 59.0 Å². The van der Waals surface area contributed by atoms with Crippen LogP contribution in [0, 0.1) is 3.57 Å². The molecule has 0 aliphatic carbocycles. The molecule has 108 valence electrons. The first-order valence-electron chi connectivity index (χ1n) is 5.70. The van der Waals surface area contributed by atoms with Crippen molar-refractivity contribution in [2.24, 2.45) is 0 Å². The predicted octanol–water partition coefficient (Wildman–Crippen LogP) is 3.60. The monoisotopic (exact) mass is 417 g/mol. The lowest BCUT2D eigenvalue weighted by atomic mass is 10.1. The summed E-state index contributed by atoms with van der Waals surface area (Å²) in [6.07, 6.45) is 0. The number of phenols is 1. The number of carbonyl (C=O) groups is 2. The summed E-state index contributed by atoms with van der Waals surface area (Å²) in [4.78, 5) is 23.1. The standard InChI is InChI=1S/C14H9ClINO4/c15-8-3-7(14(20)21)4-10(5-8)17-13(19)11-6-9(16)1-2-12(11)18/h1-6,18H,(H,17,19)(H,20,21). The molecule has 0 spiro atoms. The second-order valence-corrected chi connectivity index (χ2v) is 5.83. The number of benzene rings is 2. The first kappa shape index (κ1) is 15.6. The molecule has 1 amide bonds. The normalized spacial score (nSPS) is 10.2. The van der Waals surface area contributed by atoms with Crippen molar-refractivity contribution in [1.29, 1.82) is 0 Å². The molecule has 0 aliphatic rings. The number of hydrogen-bond donors (Lipinski definition) is 3. The van der Waals surface area contributed by atoms with E-state index < -0.39 is 11.9 Å². The van der Waals surface area contributed by atoms with E-state index in [2.05, 4.69) is 5.32 Å². The van der Waals surface area contributed by atoms with Crippen LogP contribution in [-0.2, 0) is 0 Å². The van der Waals surface area contributed by atoms with Crippen molar-refractivity contribution in [3.05, 3.63) is 56.1 Å². The number of aromatic hydroxyl groups is 1. The summed E-state index contributed by atoms with van der Waals surface area (Å²) < 4.78 is 0.785. The fourth-order valence-corrected chi connectivity index (χ4v) is 2.40. The molecular weight excluding hydrogens is 409 g/mol. The number of phenolic OH excluding ortho intramolecular Hbond substituents is 1. The number of rotatable bonds is 3. The van der Waals surface area contributed by atoms with Crippen molar-refractivity contribution < 1.29 is 19.8 Å². The van der Waals surface area contributed by atoms with E-state index in [4.69, 9.17) is 16.7 Å². The van der Waals surface area contributed by atoms with Crippen molar-refractivity contribution in [3.63, 3.8) is 0 Å². The third-order valence-corrected chi connectivity index (χ3v) is 3.50. The third-order valence-electron chi connectivity index (χ3n) is 2.61. The molecule has 7 heteroatoms. The number of hydrogen-bond acceptors (Lipinski definition) is 3. The van der Waals surface area contributed by atoms with Gasteiger partial charge in [-0.25, -0.2) is 4.79 Å². The first-order chi connectivity index (χ1) is 9.86. The van der Waals surface area contributed by atoms with Crippen LogP contribution >= 0.6 is 34.2 Å². The van der Waals surface area contributed by atoms with Gasteiger partial charge in [0.15, 0.2) is 0 Å². The molecule has 0 bridgehead atoms. The van der Waals surface area contributed by atoms with Crippen LogP contribution in [0.2, 0.25) is 5.02 Å². The van der Waals surface area contributed by atoms with Gasteiger partial charge in [0.05, 0.1) is 11.1 Å². The van der Waals surface area contributed by atoms with E-state index in [0.717, 1.165) is 3.57 Å². The smallest absolute Gasteiger partial charge is 0.335 e. The maximum atomic E-state index is 12.1. The highest BCUT2D eigenvalue weighted by Crippen LogP contribution is 2.23. The molecule has 3 N–H and O–H groups in total. The lowest BCUT2D eigenvalue weighted by Crippen LogP contribution is -2.13. The Morgan fingerprint density at radius 1 is 1.14 bits per heavy atom. The summed E-state index contributed by atoms with van der Waals surface area (Å²) in [5.74, 6) is -1.86. The molecule has 0 heterocycles. The van der Waals surface area contributed by atoms with Gasteiger partial charge in [-0.1, -0.05) is 11.6 Å². The summed E-state index contributed by atoms with van der Waals surface area (Å²) in [7, 11) is 0. The lowest BCUT2D eigenvalue weighted by molar-refractivity contribution is 0.0696. The number of halogens is 2. The highest BCUT2D eigenvalue weighted by atomic mass is 127. The molecule has 0 saturated carbocycles. The Morgan fingerprint density at radius 3 is 2.52 bits per heavy atom. The van der Waals surface area contributed by atoms with Crippen molar-refractivity contribution in [3.8, 4) is 5.75 Å². The van der Waals surface area contributed by atoms with Gasteiger partial charge in [-0.3, -0.25) is 4.79 Å². The van der Waals surface area contributed by atoms with Crippen LogP contribution in [0.4, 0.5) is 5.69 Å². The van der Waals surface area contributed by atoms with Crippen LogP contribution in [0.25, 0.3) is 0 Å². The van der Waals surface area contributed by atoms with Crippen molar-refractivity contribution >= 4 is 51.8 Å². The largest absolute Gasteiger partial charge is 0.507 e. The molecule has 0 fully saturated rings. The van der Waals surface area contributed by atoms with Crippen molar-refractivity contribution in [1.82, 2.24) is 0 Å². The van der Waals surface area contributed by atoms with Gasteiger partial charge in [0.1, 0.15) is 5.75 Å². The molecule has 2 aromatic rings. The van der Waals surface area contributed by atoms with Gasteiger partial charge < -0.3 is 15.5 Å². The fourth-order valence-electron chi connectivity index (χ4n) is 1.67. The molecule has 2 aromatic carbocycles. The Kier molecular flexibility index (Phi) is 4.69. The average Bonchev–Trinajstić information content (AvgIpc) is 2.40. The van der Waals surface area contributed by atoms with E-state index in [1.807, 2.05) is 22.6 Å². The molecule has 5 nitrogen and oxygen atoms in total. The quantitative estimate of drug-likeness (QED) is 0.666. The molecule has 2 rings (SSSR count). The summed E-state index contributed by atoms with van der Waals surface area (Å²) in [5, 5.41) is 21.4. The Hall–Kier alpha value is -1.80. The van der Waals surface area contributed by atoms with E-state index in [9.17, 15) is 14.7 Å². The number of carboxylic acids is 1. The average molecular weight is 418 g/mol. The van der Waals surface area contributed by atoms with Gasteiger partial charge in [-0.15, -0.1) is 0 Å². The summed E-state index contributed by atoms with van der Waals surface area (Å²) >= 11 is 7.83. The number of nitrogens with one attached hydrogen (secondary N) is 1. The molecule has 0 radical (unpaired) electrons. The predicted molar refractivity (Wildman–Crippen MR) is 87.2 cm³/mol. The SMILES string of the molecule is O=C(O)c1cc(Cl)cc(NC(=O)c2cc(I)ccc2O)c1. The maximum absolute atomic E-state index is 12.1. The van der Waals surface area contributed by atoms with Crippen LogP contribution in [0.3, 0.4) is 0 Å². The minimum atomic E-state index is -1.15. The van der Waals surface area contributed by atoms with Crippen molar-refractivity contribution in [2.45, 2.75) is 0 Å². The second-order valence-electron chi connectivity index (χ2n) is 4.15. The molecule has 0 aliphatic heterocycles. The Bertz CT molecular complexity index is 733. The van der Waals surface area contributed by atoms with Gasteiger partial charge >= 0.3 is 5.97 Å². The van der Waals surface area contributed by atoms with Crippen molar-refractivity contribution in [2.75, 3.05) is 5.32 Å². The molecular formula is C14H9ClINO4. The van der Waals surface area contributed by atoms with E-state index >= 15 is 0 Å². The van der Waals surface area contributed by atoms with E-state index in [1.54, 1.807) is 6.07 Å². The summed E-state index contributed by atoms with van der Waals surface area (Å²) in [5.41, 5.74) is 0.298. The van der Waals surface area contributed by atoms with Gasteiger partial charge in [0.2, 0.25) is 0 Å². The first-order valence-corrected chi connectivity index (χ1v) is 7.16. The third kappa shape index (κ3) is 3.85. The van der Waals surface area contributed by atoms with E-state index in [1.165, 1.54) is 30.3 Å². The minimum Gasteiger partial charge on any atom is -0.507 e. The summed E-state index contributed by atoms with van der Waals surface area (Å²) in [6, 6.07) is 8.59. The van der Waals surface area contributed by atoms with Gasteiger partial charge in [0, 0.05) is 14.3 Å². The maximum Gasteiger partial charge on any atom is 0.335 e. The van der Waals surface area contributed by atoms with E-state index in [-0.39, 0.29) is 27.6 Å². The Balaban J connectivity index is 2.31. The second kappa shape index (κ2) is 6.31. The number of aromatic carboxylic acids is 1. The number of anilines is 1. The number of amides is 1. The van der Waals surface area contributed by atoms with Crippen LogP contribution < -0.4 is 5.32 Å². The lowest BCUT2D eigenvalue weighted by Gasteiger charge is -2.08. The molecule has 0 atom stereocenters. The molecule has 0 unspecified atom stereocenters. The molecule has 0 saturated heterocycles. The number of carboxylic acid groups (broad SMARTS) is 1. The number of carbonyl (C=O) groups excluding carboxylic acids is 1. The fraction of sp³-hybridized carbons (Fsp3) is 0. The zero-order chi connectivity index (χ0) is 15.6. The molecule has 0 aromatic heterocycles. The Morgan fingerprint density at radius 2 is 1.86 bits per heavy atom. The minimum absolute atomic E-state index is 0.0373. The highest BCUT2D eigenvalue weighted by molar-refractivity contribution is 14.1. The van der Waals surface area contributed by atoms with Gasteiger partial charge in [-0.2, -0.15) is 0 Å². The van der Waals surface area contributed by atoms with Gasteiger partial charge in [0.25, 0.3) is 5.91 Å². The zero-order valence-corrected chi connectivity index (χ0v) is 13.3. The van der Waals surface area contributed by atoms with E-state index in [0.29, 0.717) is 0 Å². The van der Waals surface area contributed by atoms with Crippen LogP contribution in [0.5, 0.6) is 5.75 Å². The highest BCUT2D eigenvalue weighted by Gasteiger charge is 2.13. The topological polar surface area (TPSA) is 86.6 Å². The van der Waals surface area contributed by atoms with Crippen LogP contribution in [0.1, 0.15) is 20.7 Å². The zero-order valence-electron chi connectivity index (χ0n) is 10.4. The molecule has 21 heavy (non-hydrogen) atoms.